The molecule has 4 rings (SSSR count). The molecule has 0 spiro atoms. The first-order chi connectivity index (χ1) is 14.2. The quantitative estimate of drug-likeness (QED) is 0.694. The van der Waals surface area contributed by atoms with Crippen LogP contribution in [-0.4, -0.2) is 49.3 Å². The van der Waals surface area contributed by atoms with E-state index in [4.69, 9.17) is 0 Å². The van der Waals surface area contributed by atoms with Crippen LogP contribution in [0.3, 0.4) is 0 Å². The molecule has 29 heavy (non-hydrogen) atoms. The fraction of sp³-hybridized carbons (Fsp3) is 0.286. The lowest BCUT2D eigenvalue weighted by atomic mass is 10.2. The van der Waals surface area contributed by atoms with Gasteiger partial charge in [0.05, 0.1) is 24.3 Å². The van der Waals surface area contributed by atoms with Crippen molar-refractivity contribution in [2.75, 3.05) is 6.54 Å². The van der Waals surface area contributed by atoms with E-state index in [9.17, 15) is 9.59 Å². The molecule has 0 unspecified atom stereocenters. The topological polar surface area (TPSA) is 93.0 Å². The molecule has 3 heterocycles. The summed E-state index contributed by atoms with van der Waals surface area (Å²) in [6, 6.07) is 13.2. The van der Waals surface area contributed by atoms with Gasteiger partial charge in [0.1, 0.15) is 0 Å². The Morgan fingerprint density at radius 1 is 1.14 bits per heavy atom. The Labute approximate surface area is 168 Å². The summed E-state index contributed by atoms with van der Waals surface area (Å²) >= 11 is 0. The molecule has 1 N–H and O–H groups in total. The first kappa shape index (κ1) is 18.8. The first-order valence-corrected chi connectivity index (χ1v) is 9.64. The Morgan fingerprint density at radius 2 is 2.00 bits per heavy atom. The average molecular weight is 390 g/mol. The SMILES string of the molecule is O=C(NCc1ccccc1)c1cn(C[C@@H]2CCCN2C(=O)c2cccnc2)nn1. The van der Waals surface area contributed by atoms with Gasteiger partial charge in [0.25, 0.3) is 11.8 Å². The predicted octanol–water partition coefficient (Wildman–Crippen LogP) is 1.91. The first-order valence-electron chi connectivity index (χ1n) is 9.64. The molecule has 0 bridgehead atoms. The third-order valence-electron chi connectivity index (χ3n) is 5.01. The van der Waals surface area contributed by atoms with Crippen LogP contribution in [0.1, 0.15) is 39.3 Å². The molecule has 3 aromatic rings. The van der Waals surface area contributed by atoms with Crippen molar-refractivity contribution in [2.45, 2.75) is 32.0 Å². The van der Waals surface area contributed by atoms with E-state index in [2.05, 4.69) is 20.6 Å². The van der Waals surface area contributed by atoms with Crippen LogP contribution in [0, 0.1) is 0 Å². The lowest BCUT2D eigenvalue weighted by Crippen LogP contribution is -2.38. The summed E-state index contributed by atoms with van der Waals surface area (Å²) < 4.78 is 1.64. The van der Waals surface area contributed by atoms with Crippen molar-refractivity contribution in [3.63, 3.8) is 0 Å². The van der Waals surface area contributed by atoms with Crippen molar-refractivity contribution in [3.05, 3.63) is 77.9 Å². The number of hydrogen-bond acceptors (Lipinski definition) is 5. The second-order valence-corrected chi connectivity index (χ2v) is 7.03. The van der Waals surface area contributed by atoms with Gasteiger partial charge in [-0.1, -0.05) is 35.5 Å². The van der Waals surface area contributed by atoms with E-state index >= 15 is 0 Å². The van der Waals surface area contributed by atoms with E-state index in [1.807, 2.05) is 35.2 Å². The molecule has 1 aliphatic heterocycles. The molecule has 1 atom stereocenters. The molecule has 8 heteroatoms. The summed E-state index contributed by atoms with van der Waals surface area (Å²) in [6.07, 6.45) is 6.70. The van der Waals surface area contributed by atoms with Gasteiger partial charge in [-0.2, -0.15) is 0 Å². The lowest BCUT2D eigenvalue weighted by Gasteiger charge is -2.24. The molecule has 8 nitrogen and oxygen atoms in total. The highest BCUT2D eigenvalue weighted by Gasteiger charge is 2.30. The summed E-state index contributed by atoms with van der Waals surface area (Å²) in [5.74, 6) is -0.295. The van der Waals surface area contributed by atoms with Gasteiger partial charge in [0, 0.05) is 25.5 Å². The number of carbonyl (C=O) groups is 2. The van der Waals surface area contributed by atoms with Gasteiger partial charge in [-0.05, 0) is 30.5 Å². The highest BCUT2D eigenvalue weighted by atomic mass is 16.2. The molecule has 1 fully saturated rings. The average Bonchev–Trinajstić information content (AvgIpc) is 3.43. The summed E-state index contributed by atoms with van der Waals surface area (Å²) in [4.78, 5) is 31.0. The molecule has 2 amide bonds. The molecule has 148 valence electrons. The van der Waals surface area contributed by atoms with Gasteiger partial charge in [-0.3, -0.25) is 14.6 Å². The summed E-state index contributed by atoms with van der Waals surface area (Å²) in [5.41, 5.74) is 1.87. The Bertz CT molecular complexity index is 973. The Kier molecular flexibility index (Phi) is 5.60. The van der Waals surface area contributed by atoms with Crippen molar-refractivity contribution in [1.29, 1.82) is 0 Å². The van der Waals surface area contributed by atoms with Gasteiger partial charge in [-0.15, -0.1) is 5.10 Å². The lowest BCUT2D eigenvalue weighted by molar-refractivity contribution is 0.0720. The zero-order valence-electron chi connectivity index (χ0n) is 15.9. The highest BCUT2D eigenvalue weighted by molar-refractivity contribution is 5.94. The molecular weight excluding hydrogens is 368 g/mol. The maximum atomic E-state index is 12.8. The minimum Gasteiger partial charge on any atom is -0.347 e. The number of rotatable bonds is 6. The number of nitrogens with zero attached hydrogens (tertiary/aromatic N) is 5. The third kappa shape index (κ3) is 4.48. The minimum absolute atomic E-state index is 0.0182. The number of benzene rings is 1. The maximum absolute atomic E-state index is 12.8. The van der Waals surface area contributed by atoms with Crippen LogP contribution in [0.2, 0.25) is 0 Å². The third-order valence-corrected chi connectivity index (χ3v) is 5.01. The molecule has 0 saturated carbocycles. The fourth-order valence-corrected chi connectivity index (χ4v) is 3.52. The van der Waals surface area contributed by atoms with Crippen LogP contribution >= 0.6 is 0 Å². The van der Waals surface area contributed by atoms with Crippen molar-refractivity contribution >= 4 is 11.8 Å². The monoisotopic (exact) mass is 390 g/mol. The van der Waals surface area contributed by atoms with Crippen LogP contribution in [-0.2, 0) is 13.1 Å². The molecule has 2 aromatic heterocycles. The Hall–Kier alpha value is -3.55. The van der Waals surface area contributed by atoms with Crippen LogP contribution in [0.5, 0.6) is 0 Å². The molecule has 1 aromatic carbocycles. The zero-order valence-corrected chi connectivity index (χ0v) is 15.9. The van der Waals surface area contributed by atoms with E-state index in [0.29, 0.717) is 25.2 Å². The van der Waals surface area contributed by atoms with Crippen molar-refractivity contribution in [2.24, 2.45) is 0 Å². The van der Waals surface area contributed by atoms with Gasteiger partial charge >= 0.3 is 0 Å². The van der Waals surface area contributed by atoms with Gasteiger partial charge in [0.15, 0.2) is 5.69 Å². The van der Waals surface area contributed by atoms with Gasteiger partial charge < -0.3 is 10.2 Å². The van der Waals surface area contributed by atoms with E-state index in [1.165, 1.54) is 0 Å². The number of amides is 2. The smallest absolute Gasteiger partial charge is 0.273 e. The van der Waals surface area contributed by atoms with E-state index in [0.717, 1.165) is 18.4 Å². The number of likely N-dealkylation sites (tertiary alicyclic amines) is 1. The fourth-order valence-electron chi connectivity index (χ4n) is 3.52. The number of hydrogen-bond donors (Lipinski definition) is 1. The van der Waals surface area contributed by atoms with E-state index in [-0.39, 0.29) is 23.6 Å². The molecule has 1 aliphatic rings. The van der Waals surface area contributed by atoms with Crippen molar-refractivity contribution in [3.8, 4) is 0 Å². The normalized spacial score (nSPS) is 16.0. The van der Waals surface area contributed by atoms with Crippen molar-refractivity contribution in [1.82, 2.24) is 30.2 Å². The van der Waals surface area contributed by atoms with Crippen LogP contribution in [0.15, 0.2) is 61.1 Å². The van der Waals surface area contributed by atoms with Crippen molar-refractivity contribution < 1.29 is 9.59 Å². The van der Waals surface area contributed by atoms with Crippen LogP contribution in [0.4, 0.5) is 0 Å². The number of pyridine rings is 1. The largest absolute Gasteiger partial charge is 0.347 e. The van der Waals surface area contributed by atoms with E-state index in [1.54, 1.807) is 35.4 Å². The predicted molar refractivity (Wildman–Crippen MR) is 106 cm³/mol. The standard InChI is InChI=1S/C21H22N6O2/c28-20(23-12-16-6-2-1-3-7-16)19-15-26(25-24-19)14-18-9-5-11-27(18)21(29)17-8-4-10-22-13-17/h1-4,6-8,10,13,15,18H,5,9,11-12,14H2,(H,23,28)/t18-/m0/s1. The number of nitrogens with one attached hydrogen (secondary N) is 1. The maximum Gasteiger partial charge on any atom is 0.273 e. The molecule has 1 saturated heterocycles. The molecule has 0 aliphatic carbocycles. The summed E-state index contributed by atoms with van der Waals surface area (Å²) in [7, 11) is 0. The molecule has 0 radical (unpaired) electrons. The molecular formula is C21H22N6O2. The second-order valence-electron chi connectivity index (χ2n) is 7.03. The van der Waals surface area contributed by atoms with Gasteiger partial charge in [-0.25, -0.2) is 4.68 Å². The van der Waals surface area contributed by atoms with Gasteiger partial charge in [0.2, 0.25) is 0 Å². The Balaban J connectivity index is 1.37. The zero-order chi connectivity index (χ0) is 20.1. The van der Waals surface area contributed by atoms with Crippen LogP contribution in [0.25, 0.3) is 0 Å². The number of carbonyl (C=O) groups excluding carboxylic acids is 2. The Morgan fingerprint density at radius 3 is 2.79 bits per heavy atom. The summed E-state index contributed by atoms with van der Waals surface area (Å²) in [5, 5.41) is 10.9. The minimum atomic E-state index is -0.269. The van der Waals surface area contributed by atoms with E-state index < -0.39 is 0 Å². The highest BCUT2D eigenvalue weighted by Crippen LogP contribution is 2.21. The second kappa shape index (κ2) is 8.64. The summed E-state index contributed by atoms with van der Waals surface area (Å²) in [6.45, 7) is 1.64. The van der Waals surface area contributed by atoms with Crippen LogP contribution < -0.4 is 5.32 Å². The number of aromatic nitrogens is 4.